The molecule has 0 bridgehead atoms. The van der Waals surface area contributed by atoms with E-state index >= 15 is 0 Å². The van der Waals surface area contributed by atoms with Crippen molar-refractivity contribution in [2.75, 3.05) is 25.0 Å². The molecule has 0 aromatic heterocycles. The molecule has 0 saturated carbocycles. The van der Waals surface area contributed by atoms with Crippen molar-refractivity contribution in [2.24, 2.45) is 0 Å². The van der Waals surface area contributed by atoms with Gasteiger partial charge in [0, 0.05) is 24.8 Å². The minimum absolute atomic E-state index is 0.130. The van der Waals surface area contributed by atoms with Gasteiger partial charge in [-0.1, -0.05) is 6.42 Å². The molecule has 2 rings (SSSR count). The largest absolute Gasteiger partial charge is 0.435 e. The first kappa shape index (κ1) is 18.9. The molecular weight excluding hydrogens is 332 g/mol. The van der Waals surface area contributed by atoms with Crippen LogP contribution in [0.2, 0.25) is 0 Å². The summed E-state index contributed by atoms with van der Waals surface area (Å²) in [6.07, 6.45) is 4.96. The van der Waals surface area contributed by atoms with Crippen LogP contribution in [0.1, 0.15) is 32.6 Å². The SMILES string of the molecule is C[C@@H]1CCCCN1CCCNC(=S)Nc1ccc(OC(F)F)cc1. The third-order valence-electron chi connectivity index (χ3n) is 4.19. The lowest BCUT2D eigenvalue weighted by Gasteiger charge is -2.33. The summed E-state index contributed by atoms with van der Waals surface area (Å²) in [5.74, 6) is 0.130. The lowest BCUT2D eigenvalue weighted by Crippen LogP contribution is -2.39. The first-order valence-electron chi connectivity index (χ1n) is 8.38. The van der Waals surface area contributed by atoms with E-state index in [1.807, 2.05) is 0 Å². The molecule has 1 saturated heterocycles. The summed E-state index contributed by atoms with van der Waals surface area (Å²) in [6.45, 7) is 2.56. The Morgan fingerprint density at radius 2 is 2.08 bits per heavy atom. The summed E-state index contributed by atoms with van der Waals surface area (Å²) in [6, 6.07) is 6.95. The molecule has 1 atom stereocenters. The Morgan fingerprint density at radius 3 is 2.75 bits per heavy atom. The topological polar surface area (TPSA) is 36.5 Å². The first-order valence-corrected chi connectivity index (χ1v) is 8.79. The lowest BCUT2D eigenvalue weighted by molar-refractivity contribution is -0.0498. The number of hydrogen-bond acceptors (Lipinski definition) is 3. The number of rotatable bonds is 7. The third-order valence-corrected chi connectivity index (χ3v) is 4.43. The normalized spacial score (nSPS) is 18.4. The van der Waals surface area contributed by atoms with Crippen molar-refractivity contribution in [3.8, 4) is 5.75 Å². The molecule has 24 heavy (non-hydrogen) atoms. The molecular formula is C17H25F2N3OS. The molecule has 0 unspecified atom stereocenters. The van der Waals surface area contributed by atoms with Crippen LogP contribution < -0.4 is 15.4 Å². The number of thiocarbonyl (C=S) groups is 1. The van der Waals surface area contributed by atoms with Crippen LogP contribution >= 0.6 is 12.2 Å². The highest BCUT2D eigenvalue weighted by atomic mass is 32.1. The van der Waals surface area contributed by atoms with E-state index in [1.165, 1.54) is 37.9 Å². The molecule has 2 N–H and O–H groups in total. The number of ether oxygens (including phenoxy) is 1. The van der Waals surface area contributed by atoms with Gasteiger partial charge in [-0.15, -0.1) is 0 Å². The summed E-state index contributed by atoms with van der Waals surface area (Å²) >= 11 is 5.24. The molecule has 1 aromatic rings. The molecule has 1 aliphatic heterocycles. The number of likely N-dealkylation sites (tertiary alicyclic amines) is 1. The summed E-state index contributed by atoms with van der Waals surface area (Å²) in [4.78, 5) is 2.53. The molecule has 4 nitrogen and oxygen atoms in total. The molecule has 0 spiro atoms. The van der Waals surface area contributed by atoms with Crippen molar-refractivity contribution in [1.82, 2.24) is 10.2 Å². The van der Waals surface area contributed by atoms with Gasteiger partial charge in [0.05, 0.1) is 0 Å². The maximum absolute atomic E-state index is 12.1. The second-order valence-electron chi connectivity index (χ2n) is 6.02. The van der Waals surface area contributed by atoms with E-state index in [1.54, 1.807) is 12.1 Å². The average Bonchev–Trinajstić information content (AvgIpc) is 2.54. The number of hydrogen-bond donors (Lipinski definition) is 2. The quantitative estimate of drug-likeness (QED) is 0.573. The van der Waals surface area contributed by atoms with Gasteiger partial charge in [-0.25, -0.2) is 0 Å². The predicted octanol–water partition coefficient (Wildman–Crippen LogP) is 3.84. The molecule has 134 valence electrons. The molecule has 0 radical (unpaired) electrons. The highest BCUT2D eigenvalue weighted by molar-refractivity contribution is 7.80. The van der Waals surface area contributed by atoms with Gasteiger partial charge < -0.3 is 20.3 Å². The Hall–Kier alpha value is -1.47. The van der Waals surface area contributed by atoms with Crippen LogP contribution in [0.3, 0.4) is 0 Å². The Balaban J connectivity index is 1.64. The predicted molar refractivity (Wildman–Crippen MR) is 96.8 cm³/mol. The van der Waals surface area contributed by atoms with Crippen molar-refractivity contribution < 1.29 is 13.5 Å². The monoisotopic (exact) mass is 357 g/mol. The van der Waals surface area contributed by atoms with Crippen molar-refractivity contribution in [3.05, 3.63) is 24.3 Å². The zero-order valence-corrected chi connectivity index (χ0v) is 14.7. The summed E-state index contributed by atoms with van der Waals surface area (Å²) in [7, 11) is 0. The van der Waals surface area contributed by atoms with Crippen LogP contribution in [0.5, 0.6) is 5.75 Å². The molecule has 1 aliphatic rings. The van der Waals surface area contributed by atoms with Gasteiger partial charge in [0.15, 0.2) is 5.11 Å². The zero-order chi connectivity index (χ0) is 17.4. The van der Waals surface area contributed by atoms with Crippen molar-refractivity contribution in [1.29, 1.82) is 0 Å². The molecule has 0 aliphatic carbocycles. The van der Waals surface area contributed by atoms with Crippen LogP contribution in [-0.4, -0.2) is 42.3 Å². The Kier molecular flexibility index (Phi) is 7.65. The summed E-state index contributed by atoms with van der Waals surface area (Å²) in [5, 5.41) is 6.74. The smallest absolute Gasteiger partial charge is 0.387 e. The van der Waals surface area contributed by atoms with Gasteiger partial charge in [-0.05, 0) is 69.2 Å². The fourth-order valence-electron chi connectivity index (χ4n) is 2.87. The first-order chi connectivity index (χ1) is 11.5. The van der Waals surface area contributed by atoms with E-state index < -0.39 is 6.61 Å². The molecule has 0 amide bonds. The van der Waals surface area contributed by atoms with Crippen LogP contribution in [-0.2, 0) is 0 Å². The Bertz CT molecular complexity index is 513. The van der Waals surface area contributed by atoms with Crippen molar-refractivity contribution in [2.45, 2.75) is 45.3 Å². The maximum Gasteiger partial charge on any atom is 0.387 e. The van der Waals surface area contributed by atoms with Crippen LogP contribution in [0.4, 0.5) is 14.5 Å². The number of piperidine rings is 1. The second-order valence-corrected chi connectivity index (χ2v) is 6.43. The van der Waals surface area contributed by atoms with Gasteiger partial charge in [0.25, 0.3) is 0 Å². The number of nitrogens with one attached hydrogen (secondary N) is 2. The second kappa shape index (κ2) is 9.74. The third kappa shape index (κ3) is 6.57. The molecule has 7 heteroatoms. The van der Waals surface area contributed by atoms with Gasteiger partial charge in [0.2, 0.25) is 0 Å². The maximum atomic E-state index is 12.1. The van der Waals surface area contributed by atoms with Crippen LogP contribution in [0.15, 0.2) is 24.3 Å². The van der Waals surface area contributed by atoms with Crippen LogP contribution in [0.25, 0.3) is 0 Å². The van der Waals surface area contributed by atoms with Gasteiger partial charge in [-0.2, -0.15) is 8.78 Å². The Labute approximate surface area is 147 Å². The summed E-state index contributed by atoms with van der Waals surface area (Å²) in [5.41, 5.74) is 0.735. The van der Waals surface area contributed by atoms with E-state index in [9.17, 15) is 8.78 Å². The average molecular weight is 357 g/mol. The van der Waals surface area contributed by atoms with E-state index in [4.69, 9.17) is 12.2 Å². The zero-order valence-electron chi connectivity index (χ0n) is 13.9. The van der Waals surface area contributed by atoms with Gasteiger partial charge in [-0.3, -0.25) is 0 Å². The minimum Gasteiger partial charge on any atom is -0.435 e. The number of halogens is 2. The minimum atomic E-state index is -2.81. The van der Waals surface area contributed by atoms with Gasteiger partial charge >= 0.3 is 6.61 Å². The van der Waals surface area contributed by atoms with Crippen molar-refractivity contribution in [3.63, 3.8) is 0 Å². The molecule has 1 aromatic carbocycles. The van der Waals surface area contributed by atoms with Crippen LogP contribution in [0, 0.1) is 0 Å². The number of benzene rings is 1. The summed E-state index contributed by atoms with van der Waals surface area (Å²) < 4.78 is 28.5. The fourth-order valence-corrected chi connectivity index (χ4v) is 3.09. The fraction of sp³-hybridized carbons (Fsp3) is 0.588. The standard InChI is InChI=1S/C17H25F2N3OS/c1-13-5-2-3-11-22(13)12-4-10-20-17(24)21-14-6-8-15(9-7-14)23-16(18)19/h6-9,13,16H,2-5,10-12H2,1H3,(H2,20,21,24)/t13-/m1/s1. The number of alkyl halides is 2. The Morgan fingerprint density at radius 1 is 1.33 bits per heavy atom. The number of nitrogens with zero attached hydrogens (tertiary/aromatic N) is 1. The molecule has 1 fully saturated rings. The van der Waals surface area contributed by atoms with E-state index in [0.29, 0.717) is 11.2 Å². The number of anilines is 1. The van der Waals surface area contributed by atoms with E-state index in [2.05, 4.69) is 27.2 Å². The lowest BCUT2D eigenvalue weighted by atomic mass is 10.0. The van der Waals surface area contributed by atoms with E-state index in [0.717, 1.165) is 25.2 Å². The highest BCUT2D eigenvalue weighted by Gasteiger charge is 2.17. The van der Waals surface area contributed by atoms with Gasteiger partial charge in [0.1, 0.15) is 5.75 Å². The van der Waals surface area contributed by atoms with Crippen molar-refractivity contribution >= 4 is 23.0 Å². The van der Waals surface area contributed by atoms with E-state index in [-0.39, 0.29) is 5.75 Å². The highest BCUT2D eigenvalue weighted by Crippen LogP contribution is 2.18. The molecule has 1 heterocycles.